The SMILES string of the molecule is CC(C)CCNC(=O)COC(=O)/C=C/c1ccccc1Br. The lowest BCUT2D eigenvalue weighted by Gasteiger charge is -2.07. The number of amides is 1. The van der Waals surface area contributed by atoms with Crippen LogP contribution in [0.4, 0.5) is 0 Å². The van der Waals surface area contributed by atoms with E-state index in [0.717, 1.165) is 16.5 Å². The number of ether oxygens (including phenoxy) is 1. The predicted octanol–water partition coefficient (Wildman–Crippen LogP) is 3.17. The number of hydrogen-bond donors (Lipinski definition) is 1. The number of esters is 1. The van der Waals surface area contributed by atoms with Crippen LogP contribution >= 0.6 is 15.9 Å². The summed E-state index contributed by atoms with van der Waals surface area (Å²) in [6.07, 6.45) is 3.85. The Kier molecular flexibility index (Phi) is 7.75. The summed E-state index contributed by atoms with van der Waals surface area (Å²) in [7, 11) is 0. The zero-order valence-corrected chi connectivity index (χ0v) is 13.9. The van der Waals surface area contributed by atoms with Crippen LogP contribution in [0.5, 0.6) is 0 Å². The number of benzene rings is 1. The molecule has 0 spiro atoms. The molecule has 4 nitrogen and oxygen atoms in total. The van der Waals surface area contributed by atoms with Gasteiger partial charge in [0.1, 0.15) is 0 Å². The number of carbonyl (C=O) groups excluding carboxylic acids is 2. The van der Waals surface area contributed by atoms with Crippen molar-refractivity contribution >= 4 is 33.9 Å². The molecule has 1 aromatic rings. The molecule has 21 heavy (non-hydrogen) atoms. The van der Waals surface area contributed by atoms with Crippen molar-refractivity contribution in [1.82, 2.24) is 5.32 Å². The minimum Gasteiger partial charge on any atom is -0.452 e. The van der Waals surface area contributed by atoms with Crippen molar-refractivity contribution in [2.75, 3.05) is 13.2 Å². The summed E-state index contributed by atoms with van der Waals surface area (Å²) in [5, 5.41) is 2.70. The van der Waals surface area contributed by atoms with Crippen molar-refractivity contribution < 1.29 is 14.3 Å². The molecule has 0 saturated heterocycles. The van der Waals surface area contributed by atoms with E-state index in [1.54, 1.807) is 6.08 Å². The van der Waals surface area contributed by atoms with Crippen LogP contribution in [0.3, 0.4) is 0 Å². The lowest BCUT2D eigenvalue weighted by atomic mass is 10.1. The van der Waals surface area contributed by atoms with E-state index in [2.05, 4.69) is 35.1 Å². The van der Waals surface area contributed by atoms with Crippen LogP contribution in [0, 0.1) is 5.92 Å². The standard InChI is InChI=1S/C16H20BrNO3/c1-12(2)9-10-18-15(19)11-21-16(20)8-7-13-5-3-4-6-14(13)17/h3-8,12H,9-11H2,1-2H3,(H,18,19)/b8-7+. The van der Waals surface area contributed by atoms with E-state index >= 15 is 0 Å². The number of halogens is 1. The largest absolute Gasteiger partial charge is 0.452 e. The van der Waals surface area contributed by atoms with Gasteiger partial charge in [-0.2, -0.15) is 0 Å². The van der Waals surface area contributed by atoms with Gasteiger partial charge in [0.05, 0.1) is 0 Å². The van der Waals surface area contributed by atoms with Gasteiger partial charge in [-0.1, -0.05) is 48.0 Å². The molecule has 0 fully saturated rings. The average molecular weight is 354 g/mol. The second kappa shape index (κ2) is 9.34. The van der Waals surface area contributed by atoms with Gasteiger partial charge in [0.25, 0.3) is 5.91 Å². The molecular formula is C16H20BrNO3. The Hall–Kier alpha value is -1.62. The predicted molar refractivity (Wildman–Crippen MR) is 86.6 cm³/mol. The first kappa shape index (κ1) is 17.4. The minimum absolute atomic E-state index is 0.253. The Morgan fingerprint density at radius 2 is 2.05 bits per heavy atom. The van der Waals surface area contributed by atoms with Crippen molar-refractivity contribution in [3.63, 3.8) is 0 Å². The molecule has 0 aromatic heterocycles. The number of carbonyl (C=O) groups is 2. The van der Waals surface area contributed by atoms with Gasteiger partial charge in [-0.15, -0.1) is 0 Å². The van der Waals surface area contributed by atoms with Gasteiger partial charge in [-0.25, -0.2) is 4.79 Å². The highest BCUT2D eigenvalue weighted by Crippen LogP contribution is 2.16. The van der Waals surface area contributed by atoms with Crippen molar-refractivity contribution in [1.29, 1.82) is 0 Å². The minimum atomic E-state index is -0.537. The van der Waals surface area contributed by atoms with Crippen LogP contribution < -0.4 is 5.32 Å². The third-order valence-corrected chi connectivity index (χ3v) is 3.42. The molecule has 1 amide bonds. The maximum absolute atomic E-state index is 11.5. The number of rotatable bonds is 7. The Morgan fingerprint density at radius 3 is 2.71 bits per heavy atom. The highest BCUT2D eigenvalue weighted by molar-refractivity contribution is 9.10. The molecule has 0 aliphatic heterocycles. The second-order valence-electron chi connectivity index (χ2n) is 5.00. The molecular weight excluding hydrogens is 334 g/mol. The Balaban J connectivity index is 2.31. The van der Waals surface area contributed by atoms with Crippen LogP contribution in [-0.2, 0) is 14.3 Å². The lowest BCUT2D eigenvalue weighted by molar-refractivity contribution is -0.143. The summed E-state index contributed by atoms with van der Waals surface area (Å²) in [6, 6.07) is 7.51. The molecule has 1 aromatic carbocycles. The van der Waals surface area contributed by atoms with Crippen LogP contribution in [0.1, 0.15) is 25.8 Å². The Bertz CT molecular complexity index is 512. The first-order valence-electron chi connectivity index (χ1n) is 6.85. The van der Waals surface area contributed by atoms with Gasteiger partial charge in [0.15, 0.2) is 6.61 Å². The summed E-state index contributed by atoms with van der Waals surface area (Å²) in [5.41, 5.74) is 0.871. The molecule has 0 bridgehead atoms. The summed E-state index contributed by atoms with van der Waals surface area (Å²) < 4.78 is 5.76. The van der Waals surface area contributed by atoms with Crippen molar-refractivity contribution in [3.8, 4) is 0 Å². The second-order valence-corrected chi connectivity index (χ2v) is 5.85. The molecule has 1 rings (SSSR count). The fraction of sp³-hybridized carbons (Fsp3) is 0.375. The van der Waals surface area contributed by atoms with Gasteiger partial charge in [-0.3, -0.25) is 4.79 Å². The van der Waals surface area contributed by atoms with Gasteiger partial charge in [0, 0.05) is 17.1 Å². The molecule has 0 saturated carbocycles. The zero-order chi connectivity index (χ0) is 15.7. The van der Waals surface area contributed by atoms with E-state index in [4.69, 9.17) is 4.74 Å². The maximum Gasteiger partial charge on any atom is 0.331 e. The average Bonchev–Trinajstić information content (AvgIpc) is 2.44. The quantitative estimate of drug-likeness (QED) is 0.605. The number of nitrogens with one attached hydrogen (secondary N) is 1. The van der Waals surface area contributed by atoms with Gasteiger partial charge in [-0.05, 0) is 30.0 Å². The molecule has 0 aliphatic carbocycles. The first-order valence-corrected chi connectivity index (χ1v) is 7.64. The number of hydrogen-bond acceptors (Lipinski definition) is 3. The molecule has 114 valence electrons. The van der Waals surface area contributed by atoms with Crippen LogP contribution in [0.25, 0.3) is 6.08 Å². The molecule has 0 heterocycles. The van der Waals surface area contributed by atoms with E-state index in [9.17, 15) is 9.59 Å². The highest BCUT2D eigenvalue weighted by atomic mass is 79.9. The zero-order valence-electron chi connectivity index (χ0n) is 12.3. The van der Waals surface area contributed by atoms with Crippen molar-refractivity contribution in [2.24, 2.45) is 5.92 Å². The molecule has 0 unspecified atom stereocenters. The molecule has 0 aliphatic rings. The third-order valence-electron chi connectivity index (χ3n) is 2.69. The van der Waals surface area contributed by atoms with Crippen LogP contribution in [-0.4, -0.2) is 25.0 Å². The van der Waals surface area contributed by atoms with Crippen molar-refractivity contribution in [2.45, 2.75) is 20.3 Å². The van der Waals surface area contributed by atoms with E-state index in [1.807, 2.05) is 24.3 Å². The van der Waals surface area contributed by atoms with Crippen molar-refractivity contribution in [3.05, 3.63) is 40.4 Å². The van der Waals surface area contributed by atoms with Gasteiger partial charge in [0.2, 0.25) is 0 Å². The molecule has 0 radical (unpaired) electrons. The van der Waals surface area contributed by atoms with Gasteiger partial charge >= 0.3 is 5.97 Å². The van der Waals surface area contributed by atoms with E-state index in [1.165, 1.54) is 6.08 Å². The maximum atomic E-state index is 11.5. The first-order chi connectivity index (χ1) is 9.99. The summed E-state index contributed by atoms with van der Waals surface area (Å²) in [4.78, 5) is 22.9. The van der Waals surface area contributed by atoms with Crippen LogP contribution in [0.2, 0.25) is 0 Å². The fourth-order valence-corrected chi connectivity index (χ4v) is 1.92. The lowest BCUT2D eigenvalue weighted by Crippen LogP contribution is -2.29. The fourth-order valence-electron chi connectivity index (χ4n) is 1.50. The van der Waals surface area contributed by atoms with Gasteiger partial charge < -0.3 is 10.1 Å². The summed E-state index contributed by atoms with van der Waals surface area (Å²) in [6.45, 7) is 4.51. The Morgan fingerprint density at radius 1 is 1.33 bits per heavy atom. The molecule has 5 heteroatoms. The van der Waals surface area contributed by atoms with E-state index in [0.29, 0.717) is 12.5 Å². The Labute approximate surface area is 133 Å². The molecule has 1 N–H and O–H groups in total. The summed E-state index contributed by atoms with van der Waals surface area (Å²) in [5.74, 6) is -0.289. The normalized spacial score (nSPS) is 10.9. The topological polar surface area (TPSA) is 55.4 Å². The smallest absolute Gasteiger partial charge is 0.331 e. The van der Waals surface area contributed by atoms with E-state index in [-0.39, 0.29) is 12.5 Å². The highest BCUT2D eigenvalue weighted by Gasteiger charge is 2.05. The molecule has 0 atom stereocenters. The van der Waals surface area contributed by atoms with Crippen LogP contribution in [0.15, 0.2) is 34.8 Å². The third kappa shape index (κ3) is 7.66. The van der Waals surface area contributed by atoms with E-state index < -0.39 is 5.97 Å². The monoisotopic (exact) mass is 353 g/mol. The summed E-state index contributed by atoms with van der Waals surface area (Å²) >= 11 is 3.38.